The van der Waals surface area contributed by atoms with Gasteiger partial charge in [-0.3, -0.25) is 9.69 Å². The number of aryl methyl sites for hydroxylation is 2. The quantitative estimate of drug-likeness (QED) is 0.830. The maximum absolute atomic E-state index is 10.9. The van der Waals surface area contributed by atoms with Gasteiger partial charge in [0.25, 0.3) is 0 Å². The Kier molecular flexibility index (Phi) is 5.36. The minimum Gasteiger partial charge on any atom is -0.507 e. The topological polar surface area (TPSA) is 60.8 Å². The molecular weight excluding hydrogens is 242 g/mol. The lowest BCUT2D eigenvalue weighted by Crippen LogP contribution is -2.31. The molecule has 2 N–H and O–H groups in total. The summed E-state index contributed by atoms with van der Waals surface area (Å²) < 4.78 is 0. The van der Waals surface area contributed by atoms with Gasteiger partial charge in [-0.1, -0.05) is 26.0 Å². The predicted octanol–water partition coefficient (Wildman–Crippen LogP) is 2.55. The van der Waals surface area contributed by atoms with Crippen LogP contribution in [0.15, 0.2) is 12.1 Å². The van der Waals surface area contributed by atoms with Gasteiger partial charge in [0.15, 0.2) is 0 Å². The molecule has 0 aromatic heterocycles. The molecule has 0 aliphatic heterocycles. The van der Waals surface area contributed by atoms with Crippen LogP contribution in [0.1, 0.15) is 30.5 Å². The molecule has 0 fully saturated rings. The minimum atomic E-state index is -0.767. The molecule has 0 aliphatic rings. The fourth-order valence-corrected chi connectivity index (χ4v) is 2.17. The Balaban J connectivity index is 2.79. The Morgan fingerprint density at radius 2 is 1.84 bits per heavy atom. The smallest absolute Gasteiger partial charge is 0.307 e. The van der Waals surface area contributed by atoms with E-state index in [9.17, 15) is 9.90 Å². The fourth-order valence-electron chi connectivity index (χ4n) is 2.17. The van der Waals surface area contributed by atoms with Crippen molar-refractivity contribution in [2.24, 2.45) is 5.92 Å². The lowest BCUT2D eigenvalue weighted by Gasteiger charge is -2.23. The second-order valence-corrected chi connectivity index (χ2v) is 5.15. The molecule has 0 spiro atoms. The maximum atomic E-state index is 10.9. The maximum Gasteiger partial charge on any atom is 0.307 e. The Morgan fingerprint density at radius 3 is 2.26 bits per heavy atom. The van der Waals surface area contributed by atoms with Crippen molar-refractivity contribution in [1.29, 1.82) is 0 Å². The summed E-state index contributed by atoms with van der Waals surface area (Å²) in [5.41, 5.74) is 2.82. The van der Waals surface area contributed by atoms with E-state index in [0.29, 0.717) is 18.8 Å². The fraction of sp³-hybridized carbons (Fsp3) is 0.533. The molecule has 4 nitrogen and oxygen atoms in total. The largest absolute Gasteiger partial charge is 0.507 e. The normalized spacial score (nSPS) is 12.7. The molecule has 1 unspecified atom stereocenters. The summed E-state index contributed by atoms with van der Waals surface area (Å²) in [5, 5.41) is 18.7. The minimum absolute atomic E-state index is 0.339. The highest BCUT2D eigenvalue weighted by molar-refractivity contribution is 5.69. The highest BCUT2D eigenvalue weighted by Crippen LogP contribution is 2.23. The zero-order valence-electron chi connectivity index (χ0n) is 12.1. The summed E-state index contributed by atoms with van der Waals surface area (Å²) in [4.78, 5) is 13.0. The monoisotopic (exact) mass is 265 g/mol. The van der Waals surface area contributed by atoms with Crippen molar-refractivity contribution >= 4 is 5.97 Å². The van der Waals surface area contributed by atoms with Gasteiger partial charge in [0, 0.05) is 13.1 Å². The van der Waals surface area contributed by atoms with Crippen LogP contribution in [0.3, 0.4) is 0 Å². The summed E-state index contributed by atoms with van der Waals surface area (Å²) in [5.74, 6) is -0.804. The molecule has 4 heteroatoms. The van der Waals surface area contributed by atoms with Crippen molar-refractivity contribution < 1.29 is 15.0 Å². The van der Waals surface area contributed by atoms with Crippen LogP contribution in [0.5, 0.6) is 5.75 Å². The zero-order valence-corrected chi connectivity index (χ0v) is 12.1. The van der Waals surface area contributed by atoms with Gasteiger partial charge in [-0.15, -0.1) is 0 Å². The van der Waals surface area contributed by atoms with Crippen LogP contribution in [0, 0.1) is 19.8 Å². The third-order valence-corrected chi connectivity index (χ3v) is 3.36. The van der Waals surface area contributed by atoms with Gasteiger partial charge >= 0.3 is 5.97 Å². The molecule has 1 rings (SSSR count). The Morgan fingerprint density at radius 1 is 1.32 bits per heavy atom. The Hall–Kier alpha value is -1.55. The lowest BCUT2D eigenvalue weighted by molar-refractivity contribution is -0.141. The first-order valence-corrected chi connectivity index (χ1v) is 6.59. The first-order chi connectivity index (χ1) is 8.85. The molecule has 106 valence electrons. The molecule has 19 heavy (non-hydrogen) atoms. The molecule has 0 saturated heterocycles. The van der Waals surface area contributed by atoms with Crippen LogP contribution >= 0.6 is 0 Å². The van der Waals surface area contributed by atoms with Gasteiger partial charge in [0.1, 0.15) is 5.75 Å². The average Bonchev–Trinajstić information content (AvgIpc) is 2.34. The molecule has 0 bridgehead atoms. The number of hydrogen-bond acceptors (Lipinski definition) is 3. The highest BCUT2D eigenvalue weighted by Gasteiger charge is 2.15. The summed E-state index contributed by atoms with van der Waals surface area (Å²) in [6.07, 6.45) is 0. The number of benzene rings is 1. The zero-order chi connectivity index (χ0) is 14.6. The molecule has 1 aromatic carbocycles. The van der Waals surface area contributed by atoms with Crippen molar-refractivity contribution in [3.63, 3.8) is 0 Å². The second kappa shape index (κ2) is 6.57. The van der Waals surface area contributed by atoms with E-state index in [0.717, 1.165) is 23.2 Å². The van der Waals surface area contributed by atoms with E-state index in [2.05, 4.69) is 4.90 Å². The standard InChI is InChI=1S/C15H23NO3/c1-5-16(8-12(4)15(18)19)9-13-6-10(2)14(17)11(3)7-13/h6-7,12,17H,5,8-9H2,1-4H3,(H,18,19). The number of aliphatic carboxylic acids is 1. The molecule has 0 aliphatic carbocycles. The van der Waals surface area contributed by atoms with Crippen LogP contribution in [0.2, 0.25) is 0 Å². The summed E-state index contributed by atoms with van der Waals surface area (Å²) in [6.45, 7) is 9.54. The van der Waals surface area contributed by atoms with Crippen molar-refractivity contribution in [2.75, 3.05) is 13.1 Å². The van der Waals surface area contributed by atoms with Crippen molar-refractivity contribution in [3.8, 4) is 5.75 Å². The van der Waals surface area contributed by atoms with Crippen LogP contribution < -0.4 is 0 Å². The van der Waals surface area contributed by atoms with E-state index >= 15 is 0 Å². The highest BCUT2D eigenvalue weighted by atomic mass is 16.4. The van der Waals surface area contributed by atoms with Crippen molar-refractivity contribution in [1.82, 2.24) is 4.90 Å². The average molecular weight is 265 g/mol. The molecule has 0 amide bonds. The molecule has 0 heterocycles. The molecule has 0 saturated carbocycles. The summed E-state index contributed by atoms with van der Waals surface area (Å²) in [6, 6.07) is 3.91. The van der Waals surface area contributed by atoms with E-state index in [-0.39, 0.29) is 5.92 Å². The number of phenols is 1. The number of carboxylic acids is 1. The van der Waals surface area contributed by atoms with E-state index < -0.39 is 5.97 Å². The Bertz CT molecular complexity index is 434. The van der Waals surface area contributed by atoms with Crippen molar-refractivity contribution in [2.45, 2.75) is 34.2 Å². The summed E-state index contributed by atoms with van der Waals surface area (Å²) >= 11 is 0. The van der Waals surface area contributed by atoms with E-state index in [1.54, 1.807) is 6.92 Å². The van der Waals surface area contributed by atoms with Gasteiger partial charge in [0.2, 0.25) is 0 Å². The first-order valence-electron chi connectivity index (χ1n) is 6.59. The van der Waals surface area contributed by atoms with Gasteiger partial charge in [-0.2, -0.15) is 0 Å². The molecule has 1 atom stereocenters. The van der Waals surface area contributed by atoms with Crippen LogP contribution in [-0.2, 0) is 11.3 Å². The Labute approximate surface area is 114 Å². The predicted molar refractivity (Wildman–Crippen MR) is 75.3 cm³/mol. The van der Waals surface area contributed by atoms with Gasteiger partial charge < -0.3 is 10.2 Å². The first kappa shape index (κ1) is 15.5. The van der Waals surface area contributed by atoms with E-state index in [1.807, 2.05) is 32.9 Å². The third-order valence-electron chi connectivity index (χ3n) is 3.36. The molecule has 0 radical (unpaired) electrons. The van der Waals surface area contributed by atoms with Crippen LogP contribution in [-0.4, -0.2) is 34.2 Å². The molecule has 1 aromatic rings. The second-order valence-electron chi connectivity index (χ2n) is 5.15. The number of carbonyl (C=O) groups is 1. The number of phenolic OH excluding ortho intramolecular Hbond substituents is 1. The third kappa shape index (κ3) is 4.24. The number of hydrogen-bond donors (Lipinski definition) is 2. The van der Waals surface area contributed by atoms with Gasteiger partial charge in [0.05, 0.1) is 5.92 Å². The van der Waals surface area contributed by atoms with Crippen LogP contribution in [0.25, 0.3) is 0 Å². The van der Waals surface area contributed by atoms with Gasteiger partial charge in [-0.25, -0.2) is 0 Å². The van der Waals surface area contributed by atoms with E-state index in [4.69, 9.17) is 5.11 Å². The van der Waals surface area contributed by atoms with Crippen molar-refractivity contribution in [3.05, 3.63) is 28.8 Å². The lowest BCUT2D eigenvalue weighted by atomic mass is 10.0. The molecular formula is C15H23NO3. The number of aromatic hydroxyl groups is 1. The summed E-state index contributed by atoms with van der Waals surface area (Å²) in [7, 11) is 0. The van der Waals surface area contributed by atoms with E-state index in [1.165, 1.54) is 0 Å². The SMILES string of the molecule is CCN(Cc1cc(C)c(O)c(C)c1)CC(C)C(=O)O. The number of nitrogens with zero attached hydrogens (tertiary/aromatic N) is 1. The number of rotatable bonds is 6. The van der Waals surface area contributed by atoms with Crippen LogP contribution in [0.4, 0.5) is 0 Å². The van der Waals surface area contributed by atoms with Gasteiger partial charge in [-0.05, 0) is 37.1 Å². The number of carboxylic acid groups (broad SMARTS) is 1.